The maximum absolute atomic E-state index is 11.8. The lowest BCUT2D eigenvalue weighted by Crippen LogP contribution is -2.48. The molecule has 0 aliphatic carbocycles. The summed E-state index contributed by atoms with van der Waals surface area (Å²) in [5.74, 6) is -1.32. The first-order chi connectivity index (χ1) is 12.4. The van der Waals surface area contributed by atoms with Gasteiger partial charge in [-0.05, 0) is 24.1 Å². The van der Waals surface area contributed by atoms with Gasteiger partial charge in [0.25, 0.3) is 0 Å². The summed E-state index contributed by atoms with van der Waals surface area (Å²) in [7, 11) is -3.71. The summed E-state index contributed by atoms with van der Waals surface area (Å²) in [6, 6.07) is 6.07. The molecular formula is C16H25N5O4S. The van der Waals surface area contributed by atoms with Gasteiger partial charge in [-0.25, -0.2) is 13.6 Å². The van der Waals surface area contributed by atoms with Gasteiger partial charge < -0.3 is 16.0 Å². The minimum Gasteiger partial charge on any atom is -0.348 e. The highest BCUT2D eigenvalue weighted by atomic mass is 32.2. The molecule has 144 valence electrons. The highest BCUT2D eigenvalue weighted by molar-refractivity contribution is 7.89. The summed E-state index contributed by atoms with van der Waals surface area (Å²) in [6.45, 7) is 5.18. The Morgan fingerprint density at radius 2 is 1.62 bits per heavy atom. The minimum atomic E-state index is -3.71. The lowest BCUT2D eigenvalue weighted by atomic mass is 10.1. The third-order valence-electron chi connectivity index (χ3n) is 4.08. The minimum absolute atomic E-state index is 0.0363. The van der Waals surface area contributed by atoms with Crippen LogP contribution in [-0.4, -0.2) is 70.9 Å². The Balaban J connectivity index is 1.65. The fraction of sp³-hybridized carbons (Fsp3) is 0.500. The topological polar surface area (TPSA) is 134 Å². The van der Waals surface area contributed by atoms with Crippen molar-refractivity contribution in [3.05, 3.63) is 29.8 Å². The van der Waals surface area contributed by atoms with Gasteiger partial charge in [-0.15, -0.1) is 0 Å². The zero-order chi connectivity index (χ0) is 19.0. The number of piperazine rings is 1. The number of carbonyl (C=O) groups excluding carboxylic acids is 2. The van der Waals surface area contributed by atoms with Crippen LogP contribution < -0.4 is 21.1 Å². The molecule has 1 aliphatic rings. The summed E-state index contributed by atoms with van der Waals surface area (Å²) in [5, 5.41) is 13.4. The molecule has 26 heavy (non-hydrogen) atoms. The molecule has 0 radical (unpaired) electrons. The highest BCUT2D eigenvalue weighted by Crippen LogP contribution is 2.08. The number of nitrogens with two attached hydrogens (primary N) is 1. The summed E-state index contributed by atoms with van der Waals surface area (Å²) < 4.78 is 22.4. The van der Waals surface area contributed by atoms with Crippen molar-refractivity contribution in [3.63, 3.8) is 0 Å². The van der Waals surface area contributed by atoms with E-state index in [0.29, 0.717) is 13.0 Å². The van der Waals surface area contributed by atoms with Crippen LogP contribution >= 0.6 is 0 Å². The van der Waals surface area contributed by atoms with Crippen molar-refractivity contribution in [2.45, 2.75) is 11.3 Å². The van der Waals surface area contributed by atoms with Crippen molar-refractivity contribution in [2.75, 3.05) is 45.8 Å². The standard InChI is InChI=1S/C16H25N5O4S/c17-26(24,25)14-3-1-13(2-4-14)5-6-19-15(22)16(23)20-9-12-21-10-7-18-8-11-21/h1-4,18H,5-12H2,(H,19,22)(H,20,23)(H2,17,24,25). The van der Waals surface area contributed by atoms with Crippen molar-refractivity contribution in [1.82, 2.24) is 20.9 Å². The number of sulfonamides is 1. The third-order valence-corrected chi connectivity index (χ3v) is 5.01. The van der Waals surface area contributed by atoms with E-state index in [-0.39, 0.29) is 11.4 Å². The maximum atomic E-state index is 11.8. The van der Waals surface area contributed by atoms with Gasteiger partial charge in [0, 0.05) is 45.8 Å². The zero-order valence-corrected chi connectivity index (χ0v) is 15.3. The third kappa shape index (κ3) is 6.71. The van der Waals surface area contributed by atoms with Crippen LogP contribution in [0.1, 0.15) is 5.56 Å². The first kappa shape index (κ1) is 20.3. The molecule has 2 rings (SSSR count). The quantitative estimate of drug-likeness (QED) is 0.403. The number of nitrogens with one attached hydrogen (secondary N) is 3. The van der Waals surface area contributed by atoms with Crippen LogP contribution in [0, 0.1) is 0 Å². The average Bonchev–Trinajstić information content (AvgIpc) is 2.62. The second-order valence-electron chi connectivity index (χ2n) is 6.04. The van der Waals surface area contributed by atoms with E-state index in [0.717, 1.165) is 38.3 Å². The molecule has 0 saturated carbocycles. The number of hydrogen-bond acceptors (Lipinski definition) is 6. The van der Waals surface area contributed by atoms with Crippen LogP contribution in [-0.2, 0) is 26.0 Å². The number of primary sulfonamides is 1. The van der Waals surface area contributed by atoms with E-state index < -0.39 is 21.8 Å². The molecule has 1 heterocycles. The van der Waals surface area contributed by atoms with E-state index in [2.05, 4.69) is 20.9 Å². The Morgan fingerprint density at radius 1 is 1.04 bits per heavy atom. The van der Waals surface area contributed by atoms with Crippen LogP contribution in [0.15, 0.2) is 29.2 Å². The van der Waals surface area contributed by atoms with Crippen LogP contribution in [0.5, 0.6) is 0 Å². The Bertz CT molecular complexity index is 715. The van der Waals surface area contributed by atoms with Crippen molar-refractivity contribution < 1.29 is 18.0 Å². The number of rotatable bonds is 7. The maximum Gasteiger partial charge on any atom is 0.309 e. The fourth-order valence-electron chi connectivity index (χ4n) is 2.59. The van der Waals surface area contributed by atoms with E-state index >= 15 is 0 Å². The lowest BCUT2D eigenvalue weighted by Gasteiger charge is -2.26. The largest absolute Gasteiger partial charge is 0.348 e. The first-order valence-corrected chi connectivity index (χ1v) is 10.0. The lowest BCUT2D eigenvalue weighted by molar-refractivity contribution is -0.139. The summed E-state index contributed by atoms with van der Waals surface area (Å²) in [6.07, 6.45) is 0.477. The second-order valence-corrected chi connectivity index (χ2v) is 7.60. The molecule has 10 heteroatoms. The zero-order valence-electron chi connectivity index (χ0n) is 14.5. The normalized spacial score (nSPS) is 15.4. The number of nitrogens with zero attached hydrogens (tertiary/aromatic N) is 1. The molecule has 9 nitrogen and oxygen atoms in total. The van der Waals surface area contributed by atoms with E-state index in [4.69, 9.17) is 5.14 Å². The Labute approximate surface area is 153 Å². The number of carbonyl (C=O) groups is 2. The van der Waals surface area contributed by atoms with Gasteiger partial charge in [-0.2, -0.15) is 0 Å². The van der Waals surface area contributed by atoms with E-state index in [1.807, 2.05) is 0 Å². The van der Waals surface area contributed by atoms with Gasteiger partial charge in [0.05, 0.1) is 4.90 Å². The van der Waals surface area contributed by atoms with Crippen molar-refractivity contribution >= 4 is 21.8 Å². The SMILES string of the molecule is NS(=O)(=O)c1ccc(CCNC(=O)C(=O)NCCN2CCNCC2)cc1. The Hall–Kier alpha value is -2.01. The monoisotopic (exact) mass is 383 g/mol. The number of benzene rings is 1. The van der Waals surface area contributed by atoms with E-state index in [1.54, 1.807) is 12.1 Å². The van der Waals surface area contributed by atoms with Gasteiger partial charge in [-0.1, -0.05) is 12.1 Å². The molecule has 0 spiro atoms. The van der Waals surface area contributed by atoms with Gasteiger partial charge in [-0.3, -0.25) is 14.5 Å². The molecule has 1 saturated heterocycles. The molecule has 0 atom stereocenters. The van der Waals surface area contributed by atoms with E-state index in [9.17, 15) is 18.0 Å². The van der Waals surface area contributed by atoms with Gasteiger partial charge in [0.15, 0.2) is 0 Å². The van der Waals surface area contributed by atoms with Gasteiger partial charge in [0.2, 0.25) is 10.0 Å². The average molecular weight is 383 g/mol. The molecule has 0 unspecified atom stereocenters. The predicted molar refractivity (Wildman–Crippen MR) is 96.8 cm³/mol. The number of hydrogen-bond donors (Lipinski definition) is 4. The molecule has 1 aromatic rings. The second kappa shape index (κ2) is 9.62. The van der Waals surface area contributed by atoms with Crippen LogP contribution in [0.2, 0.25) is 0 Å². The summed E-state index contributed by atoms with van der Waals surface area (Å²) in [5.41, 5.74) is 0.830. The fourth-order valence-corrected chi connectivity index (χ4v) is 3.10. The van der Waals surface area contributed by atoms with E-state index in [1.165, 1.54) is 12.1 Å². The van der Waals surface area contributed by atoms with Crippen LogP contribution in [0.4, 0.5) is 0 Å². The molecule has 0 bridgehead atoms. The molecule has 1 aliphatic heterocycles. The molecule has 1 fully saturated rings. The number of amides is 2. The summed E-state index contributed by atoms with van der Waals surface area (Å²) in [4.78, 5) is 25.8. The van der Waals surface area contributed by atoms with Gasteiger partial charge in [0.1, 0.15) is 0 Å². The van der Waals surface area contributed by atoms with Gasteiger partial charge >= 0.3 is 11.8 Å². The molecule has 1 aromatic carbocycles. The molecule has 5 N–H and O–H groups in total. The van der Waals surface area contributed by atoms with Crippen molar-refractivity contribution in [3.8, 4) is 0 Å². The Kier molecular flexibility index (Phi) is 7.51. The summed E-state index contributed by atoms with van der Waals surface area (Å²) >= 11 is 0. The highest BCUT2D eigenvalue weighted by Gasteiger charge is 2.14. The van der Waals surface area contributed by atoms with Crippen LogP contribution in [0.25, 0.3) is 0 Å². The smallest absolute Gasteiger partial charge is 0.309 e. The van der Waals surface area contributed by atoms with Crippen molar-refractivity contribution in [2.24, 2.45) is 5.14 Å². The predicted octanol–water partition coefficient (Wildman–Crippen LogP) is -1.99. The molecule has 2 amide bonds. The van der Waals surface area contributed by atoms with Crippen molar-refractivity contribution in [1.29, 1.82) is 0 Å². The van der Waals surface area contributed by atoms with Crippen LogP contribution in [0.3, 0.4) is 0 Å². The molecule has 0 aromatic heterocycles. The molecular weight excluding hydrogens is 358 g/mol. The first-order valence-electron chi connectivity index (χ1n) is 8.47. The Morgan fingerprint density at radius 3 is 2.19 bits per heavy atom.